The number of carbonyl (C=O) groups is 4. The zero-order valence-electron chi connectivity index (χ0n) is 33.0. The van der Waals surface area contributed by atoms with Crippen molar-refractivity contribution < 1.29 is 42.5 Å². The molecule has 59 heavy (non-hydrogen) atoms. The minimum absolute atomic E-state index is 0. The number of allylic oxidation sites excluding steroid dienone is 1. The number of ketones is 4. The summed E-state index contributed by atoms with van der Waals surface area (Å²) in [5, 5.41) is 0. The summed E-state index contributed by atoms with van der Waals surface area (Å²) in [4.78, 5) is 42.8. The van der Waals surface area contributed by atoms with Gasteiger partial charge in [0, 0.05) is 59.9 Å². The quantitative estimate of drug-likeness (QED) is 0.0741. The average Bonchev–Trinajstić information content (AvgIpc) is 3.06. The van der Waals surface area contributed by atoms with Crippen molar-refractivity contribution in [2.45, 2.75) is 216 Å². The van der Waals surface area contributed by atoms with Gasteiger partial charge < -0.3 is 18.9 Å². The highest BCUT2D eigenvalue weighted by Crippen LogP contribution is 2.16. The number of unbranched alkanes of at least 4 members (excludes halogenated alkanes) is 2. The van der Waals surface area contributed by atoms with Gasteiger partial charge in [0.2, 0.25) is 0 Å². The lowest BCUT2D eigenvalue weighted by atomic mass is 10.1. The van der Waals surface area contributed by atoms with E-state index in [0.29, 0.717) is 25.7 Å². The molecule has 0 fully saturated rings. The SMILES string of the molecule is C.C.C.C.C.C.C.C.C.CCCC=CCC(CC(C)=O)OC.CCCCC(CC(C)=O)OC.COC(C)CC(C)=O.COC(CCSCc1ccc(F)cc1)CC(C)=O. The minimum atomic E-state index is -0.204. The summed E-state index contributed by atoms with van der Waals surface area (Å²) < 4.78 is 33.1. The van der Waals surface area contributed by atoms with Crippen LogP contribution in [0.15, 0.2) is 36.4 Å². The van der Waals surface area contributed by atoms with Crippen LogP contribution in [0.2, 0.25) is 0 Å². The van der Waals surface area contributed by atoms with Gasteiger partial charge >= 0.3 is 0 Å². The summed E-state index contributed by atoms with van der Waals surface area (Å²) in [6, 6.07) is 6.55. The Balaban J connectivity index is -0.0000000491. The number of carbonyl (C=O) groups excluding carboxylic acids is 4. The molecule has 1 aromatic rings. The van der Waals surface area contributed by atoms with E-state index in [2.05, 4.69) is 26.0 Å². The zero-order chi connectivity index (χ0) is 38.7. The lowest BCUT2D eigenvalue weighted by Crippen LogP contribution is -2.15. The molecule has 0 aliphatic rings. The molecule has 0 N–H and O–H groups in total. The molecule has 4 atom stereocenters. The number of methoxy groups -OCH3 is 4. The fourth-order valence-corrected chi connectivity index (χ4v) is 5.27. The van der Waals surface area contributed by atoms with Crippen molar-refractivity contribution in [2.24, 2.45) is 0 Å². The van der Waals surface area contributed by atoms with E-state index in [9.17, 15) is 23.6 Å². The molecule has 0 radical (unpaired) electrons. The van der Waals surface area contributed by atoms with Crippen molar-refractivity contribution in [3.8, 4) is 0 Å². The van der Waals surface area contributed by atoms with Crippen LogP contribution in [0.3, 0.4) is 0 Å². The maximum Gasteiger partial charge on any atom is 0.132 e. The van der Waals surface area contributed by atoms with E-state index < -0.39 is 0 Å². The predicted molar refractivity (Wildman–Crippen MR) is 266 cm³/mol. The van der Waals surface area contributed by atoms with Gasteiger partial charge in [-0.2, -0.15) is 11.8 Å². The van der Waals surface area contributed by atoms with Crippen molar-refractivity contribution in [3.63, 3.8) is 0 Å². The highest BCUT2D eigenvalue weighted by molar-refractivity contribution is 7.98. The van der Waals surface area contributed by atoms with Gasteiger partial charge in [-0.15, -0.1) is 0 Å². The molecule has 1 aromatic carbocycles. The Bertz CT molecular complexity index is 1020. The maximum atomic E-state index is 12.7. The monoisotopic (exact) mass is 873 g/mol. The standard InChI is InChI=1S/C14H19FO2S.C11H20O2.C9H18O2.C6H12O2.9CH4/c1-11(16)9-14(17-2)7-8-18-10-12-3-5-13(15)6-4-12;1-4-5-6-7-8-11(13-3)9-10(2)12;1-4-5-6-9(11-3)7-8(2)10;1-5(7)4-6(2)8-3;;;;;;;;;/h3-6,14H,7-10H2,1-2H3;6-7,11H,4-5,8-9H2,1-3H3;9H,4-7H2,1-3H3;6H,4H2,1-3H3;9*1H4. The molecule has 0 saturated carbocycles. The Kier molecular flexibility index (Phi) is 93.2. The number of thioether (sulfide) groups is 1. The Morgan fingerprint density at radius 2 is 1.00 bits per heavy atom. The van der Waals surface area contributed by atoms with E-state index in [0.717, 1.165) is 55.6 Å². The summed E-state index contributed by atoms with van der Waals surface area (Å²) in [5.74, 6) is 2.33. The van der Waals surface area contributed by atoms with Gasteiger partial charge in [-0.05, 0) is 83.8 Å². The Morgan fingerprint density at radius 3 is 1.34 bits per heavy atom. The van der Waals surface area contributed by atoms with Crippen LogP contribution in [-0.4, -0.2) is 81.7 Å². The second kappa shape index (κ2) is 62.4. The van der Waals surface area contributed by atoms with Gasteiger partial charge in [0.1, 0.15) is 29.0 Å². The summed E-state index contributed by atoms with van der Waals surface area (Å²) in [6.45, 7) is 12.5. The average molecular weight is 873 g/mol. The van der Waals surface area contributed by atoms with Crippen LogP contribution in [0, 0.1) is 5.82 Å². The van der Waals surface area contributed by atoms with Gasteiger partial charge in [0.15, 0.2) is 0 Å². The van der Waals surface area contributed by atoms with Gasteiger partial charge in [-0.25, -0.2) is 4.39 Å². The van der Waals surface area contributed by atoms with Crippen molar-refractivity contribution in [1.82, 2.24) is 0 Å². The number of hydrogen-bond donors (Lipinski definition) is 0. The topological polar surface area (TPSA) is 105 Å². The molecule has 1 rings (SSSR count). The fourth-order valence-electron chi connectivity index (χ4n) is 4.27. The predicted octanol–water partition coefficient (Wildman–Crippen LogP) is 15.1. The second-order valence-electron chi connectivity index (χ2n) is 12.3. The summed E-state index contributed by atoms with van der Waals surface area (Å²) in [5.41, 5.74) is 1.11. The maximum absolute atomic E-state index is 12.7. The molecule has 0 saturated heterocycles. The van der Waals surface area contributed by atoms with Crippen LogP contribution in [0.25, 0.3) is 0 Å². The molecule has 10 heteroatoms. The van der Waals surface area contributed by atoms with Crippen LogP contribution in [-0.2, 0) is 43.9 Å². The smallest absolute Gasteiger partial charge is 0.132 e. The molecule has 0 aromatic heterocycles. The first-order valence-electron chi connectivity index (χ1n) is 17.7. The third-order valence-corrected chi connectivity index (χ3v) is 8.25. The van der Waals surface area contributed by atoms with E-state index in [1.165, 1.54) is 18.6 Å². The van der Waals surface area contributed by atoms with Gasteiger partial charge in [0.25, 0.3) is 0 Å². The molecule has 0 bridgehead atoms. The number of halogens is 1. The molecular formula is C49H105FO8S. The van der Waals surface area contributed by atoms with Crippen molar-refractivity contribution in [1.29, 1.82) is 0 Å². The molecule has 0 amide bonds. The molecule has 0 aliphatic carbocycles. The van der Waals surface area contributed by atoms with Crippen LogP contribution in [0.1, 0.15) is 191 Å². The molecule has 362 valence electrons. The van der Waals surface area contributed by atoms with Crippen LogP contribution >= 0.6 is 11.8 Å². The molecular weight excluding hydrogens is 768 g/mol. The third kappa shape index (κ3) is 67.8. The lowest BCUT2D eigenvalue weighted by molar-refractivity contribution is -0.120. The van der Waals surface area contributed by atoms with Gasteiger partial charge in [-0.3, -0.25) is 19.2 Å². The molecule has 4 unspecified atom stereocenters. The third-order valence-electron chi connectivity index (χ3n) is 7.19. The van der Waals surface area contributed by atoms with Crippen LogP contribution in [0.5, 0.6) is 0 Å². The van der Waals surface area contributed by atoms with Crippen molar-refractivity contribution in [2.75, 3.05) is 34.2 Å². The Labute approximate surface area is 374 Å². The summed E-state index contributed by atoms with van der Waals surface area (Å²) in [6.07, 6.45) is 13.9. The van der Waals surface area contributed by atoms with E-state index in [4.69, 9.17) is 18.9 Å². The number of ether oxygens (including phenoxy) is 4. The first-order chi connectivity index (χ1) is 23.7. The molecule has 0 aliphatic heterocycles. The zero-order valence-corrected chi connectivity index (χ0v) is 33.8. The van der Waals surface area contributed by atoms with Gasteiger partial charge in [0.05, 0.1) is 24.4 Å². The lowest BCUT2D eigenvalue weighted by Gasteiger charge is -2.13. The first-order valence-corrected chi connectivity index (χ1v) is 18.9. The first kappa shape index (κ1) is 88.1. The number of benzene rings is 1. The molecule has 0 heterocycles. The van der Waals surface area contributed by atoms with E-state index >= 15 is 0 Å². The minimum Gasteiger partial charge on any atom is -0.381 e. The van der Waals surface area contributed by atoms with E-state index in [-0.39, 0.29) is 120 Å². The van der Waals surface area contributed by atoms with Crippen LogP contribution in [0.4, 0.5) is 4.39 Å². The number of hydrogen-bond acceptors (Lipinski definition) is 9. The van der Waals surface area contributed by atoms with Gasteiger partial charge in [-0.1, -0.05) is 124 Å². The van der Waals surface area contributed by atoms with Crippen molar-refractivity contribution >= 4 is 34.9 Å². The summed E-state index contributed by atoms with van der Waals surface area (Å²) >= 11 is 1.77. The second-order valence-corrected chi connectivity index (χ2v) is 13.5. The number of Topliss-reactive ketones (excluding diaryl/α,β-unsaturated/α-hetero) is 4. The Morgan fingerprint density at radius 1 is 0.593 bits per heavy atom. The fraction of sp³-hybridized carbons (Fsp3) is 0.755. The van der Waals surface area contributed by atoms with E-state index in [1.807, 2.05) is 6.92 Å². The molecule has 8 nitrogen and oxygen atoms in total. The highest BCUT2D eigenvalue weighted by atomic mass is 32.2. The van der Waals surface area contributed by atoms with Crippen LogP contribution < -0.4 is 0 Å². The largest absolute Gasteiger partial charge is 0.381 e. The highest BCUT2D eigenvalue weighted by Gasteiger charge is 2.10. The van der Waals surface area contributed by atoms with E-state index in [1.54, 1.807) is 80.0 Å². The molecule has 0 spiro atoms. The summed E-state index contributed by atoms with van der Waals surface area (Å²) in [7, 11) is 6.57. The normalized spacial score (nSPS) is 11.0. The van der Waals surface area contributed by atoms with Crippen molar-refractivity contribution in [3.05, 3.63) is 47.8 Å². The number of rotatable bonds is 24. The Hall–Kier alpha value is -2.24.